The second-order valence-corrected chi connectivity index (χ2v) is 5.22. The first-order valence-corrected chi connectivity index (χ1v) is 7.01. The summed E-state index contributed by atoms with van der Waals surface area (Å²) in [5.74, 6) is -1.93. The molecule has 0 aromatic heterocycles. The fourth-order valence-electron chi connectivity index (χ4n) is 2.54. The SMILES string of the molecule is O=C(NCc1ccc(F)cc1)C1N=C2CCCN2C(=O)C1=O. The minimum absolute atomic E-state index is 0.144. The lowest BCUT2D eigenvalue weighted by molar-refractivity contribution is -0.145. The van der Waals surface area contributed by atoms with Gasteiger partial charge in [0, 0.05) is 19.5 Å². The van der Waals surface area contributed by atoms with E-state index in [1.807, 2.05) is 0 Å². The number of amides is 2. The van der Waals surface area contributed by atoms with Crippen molar-refractivity contribution < 1.29 is 18.8 Å². The lowest BCUT2D eigenvalue weighted by atomic mass is 10.1. The Morgan fingerprint density at radius 3 is 2.77 bits per heavy atom. The molecule has 0 bridgehead atoms. The molecule has 2 aliphatic rings. The summed E-state index contributed by atoms with van der Waals surface area (Å²) in [7, 11) is 0. The van der Waals surface area contributed by atoms with Crippen LogP contribution < -0.4 is 5.32 Å². The molecule has 0 radical (unpaired) electrons. The normalized spacial score (nSPS) is 20.7. The van der Waals surface area contributed by atoms with Gasteiger partial charge in [0.05, 0.1) is 0 Å². The Morgan fingerprint density at radius 1 is 1.32 bits per heavy atom. The molecule has 1 aromatic carbocycles. The van der Waals surface area contributed by atoms with Gasteiger partial charge in [-0.05, 0) is 24.1 Å². The van der Waals surface area contributed by atoms with E-state index in [0.29, 0.717) is 24.4 Å². The third kappa shape index (κ3) is 2.61. The van der Waals surface area contributed by atoms with Crippen molar-refractivity contribution in [2.45, 2.75) is 25.4 Å². The summed E-state index contributed by atoms with van der Waals surface area (Å²) in [6.07, 6.45) is 1.35. The van der Waals surface area contributed by atoms with Gasteiger partial charge in [-0.15, -0.1) is 0 Å². The van der Waals surface area contributed by atoms with Gasteiger partial charge < -0.3 is 5.32 Å². The molecule has 1 aromatic rings. The molecule has 2 heterocycles. The van der Waals surface area contributed by atoms with Gasteiger partial charge in [-0.2, -0.15) is 0 Å². The Hall–Kier alpha value is -2.57. The Bertz CT molecular complexity index is 669. The van der Waals surface area contributed by atoms with Crippen LogP contribution >= 0.6 is 0 Å². The Kier molecular flexibility index (Phi) is 3.70. The number of carbonyl (C=O) groups excluding carboxylic acids is 3. The summed E-state index contributed by atoms with van der Waals surface area (Å²) < 4.78 is 12.8. The molecule has 7 heteroatoms. The number of nitrogens with one attached hydrogen (secondary N) is 1. The van der Waals surface area contributed by atoms with Crippen molar-refractivity contribution >= 4 is 23.4 Å². The van der Waals surface area contributed by atoms with Gasteiger partial charge in [0.25, 0.3) is 17.6 Å². The maximum absolute atomic E-state index is 12.8. The second kappa shape index (κ2) is 5.67. The van der Waals surface area contributed by atoms with Crippen LogP contribution in [-0.4, -0.2) is 40.9 Å². The van der Waals surface area contributed by atoms with Crippen molar-refractivity contribution in [1.82, 2.24) is 10.2 Å². The number of hydrogen-bond donors (Lipinski definition) is 1. The number of rotatable bonds is 3. The highest BCUT2D eigenvalue weighted by Crippen LogP contribution is 2.19. The molecule has 2 amide bonds. The van der Waals surface area contributed by atoms with Gasteiger partial charge in [-0.3, -0.25) is 24.3 Å². The maximum atomic E-state index is 12.8. The van der Waals surface area contributed by atoms with Gasteiger partial charge in [-0.25, -0.2) is 4.39 Å². The zero-order chi connectivity index (χ0) is 15.7. The first-order chi connectivity index (χ1) is 10.6. The zero-order valence-corrected chi connectivity index (χ0v) is 11.7. The van der Waals surface area contributed by atoms with Crippen LogP contribution in [0.25, 0.3) is 0 Å². The summed E-state index contributed by atoms with van der Waals surface area (Å²) in [5.41, 5.74) is 0.694. The number of aliphatic imine (C=N–C) groups is 1. The molecule has 0 spiro atoms. The van der Waals surface area contributed by atoms with E-state index in [0.717, 1.165) is 6.42 Å². The molecule has 0 aliphatic carbocycles. The summed E-state index contributed by atoms with van der Waals surface area (Å²) in [6.45, 7) is 0.624. The monoisotopic (exact) mass is 303 g/mol. The van der Waals surface area contributed by atoms with Crippen molar-refractivity contribution in [3.8, 4) is 0 Å². The van der Waals surface area contributed by atoms with Crippen LogP contribution in [-0.2, 0) is 20.9 Å². The number of carbonyl (C=O) groups is 3. The number of ketones is 1. The lowest BCUT2D eigenvalue weighted by Crippen LogP contribution is -2.51. The fourth-order valence-corrected chi connectivity index (χ4v) is 2.54. The van der Waals surface area contributed by atoms with Crippen LogP contribution in [0.2, 0.25) is 0 Å². The molecule has 22 heavy (non-hydrogen) atoms. The molecule has 114 valence electrons. The quantitative estimate of drug-likeness (QED) is 0.649. The second-order valence-electron chi connectivity index (χ2n) is 5.22. The van der Waals surface area contributed by atoms with Crippen LogP contribution in [0.5, 0.6) is 0 Å². The van der Waals surface area contributed by atoms with Crippen LogP contribution in [0, 0.1) is 5.82 Å². The van der Waals surface area contributed by atoms with Gasteiger partial charge >= 0.3 is 0 Å². The Morgan fingerprint density at radius 2 is 2.05 bits per heavy atom. The van der Waals surface area contributed by atoms with Crippen molar-refractivity contribution in [3.63, 3.8) is 0 Å². The van der Waals surface area contributed by atoms with Crippen LogP contribution in [0.1, 0.15) is 18.4 Å². The zero-order valence-electron chi connectivity index (χ0n) is 11.7. The third-order valence-electron chi connectivity index (χ3n) is 3.70. The number of hydrogen-bond acceptors (Lipinski definition) is 4. The number of benzene rings is 1. The van der Waals surface area contributed by atoms with E-state index in [2.05, 4.69) is 10.3 Å². The predicted octanol–water partition coefficient (Wildman–Crippen LogP) is 0.414. The van der Waals surface area contributed by atoms with Crippen molar-refractivity contribution in [2.75, 3.05) is 6.54 Å². The molecule has 1 atom stereocenters. The number of Topliss-reactive ketones (excluding diaryl/α,β-unsaturated/α-hetero) is 1. The minimum atomic E-state index is -1.31. The van der Waals surface area contributed by atoms with Crippen LogP contribution in [0.3, 0.4) is 0 Å². The lowest BCUT2D eigenvalue weighted by Gasteiger charge is -2.24. The highest BCUT2D eigenvalue weighted by atomic mass is 19.1. The van der Waals surface area contributed by atoms with Gasteiger partial charge in [0.1, 0.15) is 11.7 Å². The fraction of sp³-hybridized carbons (Fsp3) is 0.333. The molecular weight excluding hydrogens is 289 g/mol. The molecule has 1 saturated heterocycles. The standard InChI is InChI=1S/C15H14FN3O3/c16-10-5-3-9(4-6-10)8-17-14(21)12-13(20)15(22)19-7-1-2-11(19)18-12/h3-6,12H,1-2,7-8H2,(H,17,21). The predicted molar refractivity (Wildman–Crippen MR) is 75.4 cm³/mol. The number of amidine groups is 1. The van der Waals surface area contributed by atoms with E-state index in [4.69, 9.17) is 0 Å². The Labute approximate surface area is 126 Å². The van der Waals surface area contributed by atoms with E-state index in [-0.39, 0.29) is 12.4 Å². The molecule has 3 rings (SSSR count). The molecular formula is C15H14FN3O3. The first kappa shape index (κ1) is 14.4. The van der Waals surface area contributed by atoms with Crippen molar-refractivity contribution in [3.05, 3.63) is 35.6 Å². The van der Waals surface area contributed by atoms with Gasteiger partial charge in [0.2, 0.25) is 0 Å². The van der Waals surface area contributed by atoms with Crippen LogP contribution in [0.15, 0.2) is 29.3 Å². The summed E-state index contributed by atoms with van der Waals surface area (Å²) in [5, 5.41) is 2.56. The molecule has 2 aliphatic heterocycles. The average molecular weight is 303 g/mol. The summed E-state index contributed by atoms with van der Waals surface area (Å²) >= 11 is 0. The smallest absolute Gasteiger partial charge is 0.298 e. The molecule has 1 unspecified atom stereocenters. The minimum Gasteiger partial charge on any atom is -0.350 e. The number of nitrogens with zero attached hydrogens (tertiary/aromatic N) is 2. The molecule has 1 N–H and O–H groups in total. The summed E-state index contributed by atoms with van der Waals surface area (Å²) in [6, 6.07) is 4.33. The van der Waals surface area contributed by atoms with Gasteiger partial charge in [-0.1, -0.05) is 12.1 Å². The van der Waals surface area contributed by atoms with E-state index >= 15 is 0 Å². The average Bonchev–Trinajstić information content (AvgIpc) is 2.98. The first-order valence-electron chi connectivity index (χ1n) is 7.01. The molecule has 6 nitrogen and oxygen atoms in total. The maximum Gasteiger partial charge on any atom is 0.298 e. The van der Waals surface area contributed by atoms with Crippen LogP contribution in [0.4, 0.5) is 4.39 Å². The Balaban J connectivity index is 1.69. The highest BCUT2D eigenvalue weighted by Gasteiger charge is 2.42. The van der Waals surface area contributed by atoms with Gasteiger partial charge in [0.15, 0.2) is 6.04 Å². The summed E-state index contributed by atoms with van der Waals surface area (Å²) in [4.78, 5) is 41.4. The van der Waals surface area contributed by atoms with Crippen molar-refractivity contribution in [1.29, 1.82) is 0 Å². The number of halogens is 1. The number of fused-ring (bicyclic) bond motifs is 1. The third-order valence-corrected chi connectivity index (χ3v) is 3.70. The van der Waals surface area contributed by atoms with Crippen molar-refractivity contribution in [2.24, 2.45) is 4.99 Å². The molecule has 0 saturated carbocycles. The highest BCUT2D eigenvalue weighted by molar-refractivity contribution is 6.46. The largest absolute Gasteiger partial charge is 0.350 e. The van der Waals surface area contributed by atoms with E-state index in [1.165, 1.54) is 29.2 Å². The van der Waals surface area contributed by atoms with E-state index in [1.54, 1.807) is 0 Å². The topological polar surface area (TPSA) is 78.8 Å². The molecule has 1 fully saturated rings. The van der Waals surface area contributed by atoms with E-state index in [9.17, 15) is 18.8 Å². The van der Waals surface area contributed by atoms with E-state index < -0.39 is 23.6 Å².